The number of likely N-dealkylation sites (tertiary alicyclic amines) is 1. The molecule has 0 radical (unpaired) electrons. The molecule has 0 saturated carbocycles. The van der Waals surface area contributed by atoms with Gasteiger partial charge in [-0.15, -0.1) is 5.10 Å². The maximum Gasteiger partial charge on any atom is 0.233 e. The standard InChI is InChI=1S/C23H25N5O4S/c1-30-18-7-4-16(5-8-18)14-28-23(24-25-26-28)33-15-22(29)27-10-2-3-19(27)17-6-9-20-21(13-17)32-12-11-31-20/h4-9,13,19H,2-3,10-12,14-15H2,1H3. The number of ether oxygens (including phenoxy) is 3. The van der Waals surface area contributed by atoms with Gasteiger partial charge in [-0.05, 0) is 58.7 Å². The van der Waals surface area contributed by atoms with Gasteiger partial charge in [-0.2, -0.15) is 0 Å². The molecule has 0 bridgehead atoms. The molecule has 172 valence electrons. The van der Waals surface area contributed by atoms with Crippen LogP contribution in [0, 0.1) is 0 Å². The van der Waals surface area contributed by atoms with Crippen LogP contribution in [0.3, 0.4) is 0 Å². The molecular weight excluding hydrogens is 442 g/mol. The third-order valence-corrected chi connectivity index (χ3v) is 6.78. The minimum atomic E-state index is 0.0456. The van der Waals surface area contributed by atoms with Gasteiger partial charge in [0.2, 0.25) is 11.1 Å². The van der Waals surface area contributed by atoms with Crippen molar-refractivity contribution in [1.29, 1.82) is 0 Å². The average Bonchev–Trinajstić information content (AvgIpc) is 3.52. The van der Waals surface area contributed by atoms with Crippen molar-refractivity contribution in [1.82, 2.24) is 25.1 Å². The summed E-state index contributed by atoms with van der Waals surface area (Å²) in [6, 6.07) is 13.8. The lowest BCUT2D eigenvalue weighted by Crippen LogP contribution is -2.32. The van der Waals surface area contributed by atoms with Crippen LogP contribution in [0.25, 0.3) is 0 Å². The number of benzene rings is 2. The first-order valence-corrected chi connectivity index (χ1v) is 11.9. The number of rotatable bonds is 7. The molecule has 1 saturated heterocycles. The highest BCUT2D eigenvalue weighted by molar-refractivity contribution is 7.99. The first-order chi connectivity index (χ1) is 16.2. The number of thioether (sulfide) groups is 1. The summed E-state index contributed by atoms with van der Waals surface area (Å²) in [5.41, 5.74) is 2.13. The monoisotopic (exact) mass is 467 g/mol. The molecule has 33 heavy (non-hydrogen) atoms. The fourth-order valence-electron chi connectivity index (χ4n) is 4.19. The van der Waals surface area contributed by atoms with Gasteiger partial charge in [-0.25, -0.2) is 4.68 Å². The van der Waals surface area contributed by atoms with E-state index in [0.29, 0.717) is 24.9 Å². The predicted molar refractivity (Wildman–Crippen MR) is 122 cm³/mol. The van der Waals surface area contributed by atoms with Crippen molar-refractivity contribution in [2.24, 2.45) is 0 Å². The van der Waals surface area contributed by atoms with Gasteiger partial charge in [-0.1, -0.05) is 30.0 Å². The van der Waals surface area contributed by atoms with Crippen LogP contribution in [0.4, 0.5) is 0 Å². The SMILES string of the molecule is COc1ccc(Cn2nnnc2SCC(=O)N2CCCC2c2ccc3c(c2)OCCO3)cc1. The maximum atomic E-state index is 13.1. The molecular formula is C23H25N5O4S. The van der Waals surface area contributed by atoms with E-state index in [4.69, 9.17) is 14.2 Å². The molecule has 9 nitrogen and oxygen atoms in total. The second-order valence-electron chi connectivity index (χ2n) is 7.90. The van der Waals surface area contributed by atoms with Crippen molar-refractivity contribution in [2.75, 3.05) is 32.6 Å². The van der Waals surface area contributed by atoms with E-state index in [1.54, 1.807) is 11.8 Å². The number of methoxy groups -OCH3 is 1. The number of carbonyl (C=O) groups is 1. The van der Waals surface area contributed by atoms with Crippen molar-refractivity contribution in [3.8, 4) is 17.2 Å². The van der Waals surface area contributed by atoms with E-state index in [2.05, 4.69) is 15.5 Å². The summed E-state index contributed by atoms with van der Waals surface area (Å²) in [5.74, 6) is 2.68. The second-order valence-corrected chi connectivity index (χ2v) is 8.85. The van der Waals surface area contributed by atoms with Gasteiger partial charge < -0.3 is 19.1 Å². The fraction of sp³-hybridized carbons (Fsp3) is 0.391. The van der Waals surface area contributed by atoms with E-state index in [-0.39, 0.29) is 17.7 Å². The Morgan fingerprint density at radius 3 is 2.79 bits per heavy atom. The van der Waals surface area contributed by atoms with Gasteiger partial charge in [0.25, 0.3) is 0 Å². The van der Waals surface area contributed by atoms with Gasteiger partial charge in [0.05, 0.1) is 25.4 Å². The zero-order valence-electron chi connectivity index (χ0n) is 18.3. The minimum Gasteiger partial charge on any atom is -0.497 e. The van der Waals surface area contributed by atoms with Crippen molar-refractivity contribution in [3.63, 3.8) is 0 Å². The van der Waals surface area contributed by atoms with E-state index in [1.165, 1.54) is 11.8 Å². The molecule has 0 aliphatic carbocycles. The van der Waals surface area contributed by atoms with Gasteiger partial charge in [-0.3, -0.25) is 4.79 Å². The summed E-state index contributed by atoms with van der Waals surface area (Å²) >= 11 is 1.36. The van der Waals surface area contributed by atoms with Crippen LogP contribution in [0.1, 0.15) is 30.0 Å². The summed E-state index contributed by atoms with van der Waals surface area (Å²) in [6.45, 7) is 2.38. The molecule has 3 heterocycles. The molecule has 1 unspecified atom stereocenters. The van der Waals surface area contributed by atoms with Crippen LogP contribution in [-0.4, -0.2) is 63.6 Å². The number of amides is 1. The molecule has 2 aliphatic rings. The zero-order chi connectivity index (χ0) is 22.6. The molecule has 3 aromatic rings. The van der Waals surface area contributed by atoms with Crippen molar-refractivity contribution in [2.45, 2.75) is 30.6 Å². The van der Waals surface area contributed by atoms with Crippen molar-refractivity contribution in [3.05, 3.63) is 53.6 Å². The van der Waals surface area contributed by atoms with E-state index < -0.39 is 0 Å². The van der Waals surface area contributed by atoms with Crippen LogP contribution >= 0.6 is 11.8 Å². The Morgan fingerprint density at radius 1 is 1.15 bits per heavy atom. The highest BCUT2D eigenvalue weighted by atomic mass is 32.2. The molecule has 1 amide bonds. The largest absolute Gasteiger partial charge is 0.497 e. The van der Waals surface area contributed by atoms with Crippen LogP contribution < -0.4 is 14.2 Å². The lowest BCUT2D eigenvalue weighted by Gasteiger charge is -2.26. The lowest BCUT2D eigenvalue weighted by molar-refractivity contribution is -0.129. The molecule has 1 aromatic heterocycles. The average molecular weight is 468 g/mol. The Morgan fingerprint density at radius 2 is 1.97 bits per heavy atom. The van der Waals surface area contributed by atoms with E-state index >= 15 is 0 Å². The Balaban J connectivity index is 1.22. The van der Waals surface area contributed by atoms with Crippen molar-refractivity contribution < 1.29 is 19.0 Å². The Kier molecular flexibility index (Phi) is 6.34. The summed E-state index contributed by atoms with van der Waals surface area (Å²) in [7, 11) is 1.64. The summed E-state index contributed by atoms with van der Waals surface area (Å²) in [6.07, 6.45) is 1.91. The molecule has 2 aliphatic heterocycles. The van der Waals surface area contributed by atoms with Crippen molar-refractivity contribution >= 4 is 17.7 Å². The Bertz CT molecular complexity index is 1120. The summed E-state index contributed by atoms with van der Waals surface area (Å²) in [5, 5.41) is 12.6. The smallest absolute Gasteiger partial charge is 0.233 e. The number of aromatic nitrogens is 4. The van der Waals surface area contributed by atoms with Crippen LogP contribution in [-0.2, 0) is 11.3 Å². The highest BCUT2D eigenvalue weighted by Gasteiger charge is 2.31. The molecule has 2 aromatic carbocycles. The molecule has 5 rings (SSSR count). The number of carbonyl (C=O) groups excluding carboxylic acids is 1. The van der Waals surface area contributed by atoms with E-state index in [1.807, 2.05) is 47.4 Å². The Labute approximate surface area is 196 Å². The zero-order valence-corrected chi connectivity index (χ0v) is 19.2. The Hall–Kier alpha value is -3.27. The third-order valence-electron chi connectivity index (χ3n) is 5.84. The van der Waals surface area contributed by atoms with Crippen LogP contribution in [0.5, 0.6) is 17.2 Å². The number of fused-ring (bicyclic) bond motifs is 1. The summed E-state index contributed by atoms with van der Waals surface area (Å²) in [4.78, 5) is 15.1. The number of tetrazole rings is 1. The second kappa shape index (κ2) is 9.70. The third kappa shape index (κ3) is 4.75. The molecule has 0 spiro atoms. The first kappa shape index (κ1) is 21.6. The van der Waals surface area contributed by atoms with Gasteiger partial charge in [0.1, 0.15) is 19.0 Å². The first-order valence-electron chi connectivity index (χ1n) is 10.9. The minimum absolute atomic E-state index is 0.0456. The molecule has 10 heteroatoms. The highest BCUT2D eigenvalue weighted by Crippen LogP contribution is 2.38. The maximum absolute atomic E-state index is 13.1. The normalized spacial score (nSPS) is 17.2. The summed E-state index contributed by atoms with van der Waals surface area (Å²) < 4.78 is 18.3. The lowest BCUT2D eigenvalue weighted by atomic mass is 10.0. The van der Waals surface area contributed by atoms with E-state index in [0.717, 1.165) is 47.8 Å². The van der Waals surface area contributed by atoms with Gasteiger partial charge in [0.15, 0.2) is 11.5 Å². The van der Waals surface area contributed by atoms with Crippen LogP contribution in [0.15, 0.2) is 47.6 Å². The quantitative estimate of drug-likeness (QED) is 0.490. The fourth-order valence-corrected chi connectivity index (χ4v) is 4.95. The van der Waals surface area contributed by atoms with Crippen LogP contribution in [0.2, 0.25) is 0 Å². The number of hydrogen-bond donors (Lipinski definition) is 0. The van der Waals surface area contributed by atoms with Gasteiger partial charge >= 0.3 is 0 Å². The molecule has 1 atom stereocenters. The molecule has 0 N–H and O–H groups in total. The predicted octanol–water partition coefficient (Wildman–Crippen LogP) is 2.96. The number of hydrogen-bond acceptors (Lipinski definition) is 8. The topological polar surface area (TPSA) is 91.6 Å². The molecule has 1 fully saturated rings. The van der Waals surface area contributed by atoms with Gasteiger partial charge in [0, 0.05) is 6.54 Å². The van der Waals surface area contributed by atoms with E-state index in [9.17, 15) is 4.79 Å². The number of nitrogens with zero attached hydrogens (tertiary/aromatic N) is 5.